The second-order valence-corrected chi connectivity index (χ2v) is 5.01. The lowest BCUT2D eigenvalue weighted by molar-refractivity contribution is 0.0697. The van der Waals surface area contributed by atoms with E-state index in [0.29, 0.717) is 5.56 Å². The fraction of sp³-hybridized carbons (Fsp3) is 0.357. The van der Waals surface area contributed by atoms with E-state index in [-0.39, 0.29) is 0 Å². The minimum Gasteiger partial charge on any atom is -0.478 e. The number of aromatic carboxylic acids is 1. The average Bonchev–Trinajstić information content (AvgIpc) is 2.62. The second kappa shape index (κ2) is 3.85. The lowest BCUT2D eigenvalue weighted by Gasteiger charge is -2.23. The monoisotopic (exact) mass is 244 g/mol. The molecule has 1 aliphatic rings. The van der Waals surface area contributed by atoms with Crippen molar-refractivity contribution in [2.45, 2.75) is 13.0 Å². The van der Waals surface area contributed by atoms with Gasteiger partial charge in [-0.1, -0.05) is 0 Å². The molecule has 0 aliphatic carbocycles. The van der Waals surface area contributed by atoms with Gasteiger partial charge in [-0.05, 0) is 30.8 Å². The topological polar surface area (TPSA) is 45.5 Å². The van der Waals surface area contributed by atoms with E-state index in [9.17, 15) is 4.79 Å². The molecular formula is C14H16N2O2. The van der Waals surface area contributed by atoms with Crippen molar-refractivity contribution >= 4 is 16.9 Å². The van der Waals surface area contributed by atoms with Gasteiger partial charge in [0.2, 0.25) is 0 Å². The molecule has 3 rings (SSSR count). The Hall–Kier alpha value is -1.81. The first-order valence-electron chi connectivity index (χ1n) is 6.10. The van der Waals surface area contributed by atoms with E-state index in [2.05, 4.69) is 23.6 Å². The molecule has 0 radical (unpaired) electrons. The summed E-state index contributed by atoms with van der Waals surface area (Å²) in [6.07, 6.45) is 1.03. The molecule has 94 valence electrons. The summed E-state index contributed by atoms with van der Waals surface area (Å²) in [7, 11) is 4.16. The maximum atomic E-state index is 11.1. The zero-order valence-electron chi connectivity index (χ0n) is 10.6. The van der Waals surface area contributed by atoms with Gasteiger partial charge in [0.15, 0.2) is 0 Å². The zero-order valence-corrected chi connectivity index (χ0v) is 10.6. The molecule has 1 aliphatic heterocycles. The van der Waals surface area contributed by atoms with Crippen LogP contribution in [0.5, 0.6) is 0 Å². The van der Waals surface area contributed by atoms with Crippen LogP contribution in [0.4, 0.5) is 0 Å². The van der Waals surface area contributed by atoms with E-state index >= 15 is 0 Å². The first-order valence-corrected chi connectivity index (χ1v) is 6.10. The van der Waals surface area contributed by atoms with Gasteiger partial charge in [-0.3, -0.25) is 0 Å². The van der Waals surface area contributed by atoms with E-state index < -0.39 is 5.97 Å². The Bertz CT molecular complexity index is 643. The van der Waals surface area contributed by atoms with Gasteiger partial charge in [0, 0.05) is 43.2 Å². The molecule has 0 unspecified atom stereocenters. The summed E-state index contributed by atoms with van der Waals surface area (Å²) < 4.78 is 2.20. The number of carboxylic acids is 1. The first kappa shape index (κ1) is 11.3. The molecule has 2 aromatic rings. The Balaban J connectivity index is 2.28. The summed E-state index contributed by atoms with van der Waals surface area (Å²) in [5.41, 5.74) is 4.11. The second-order valence-electron chi connectivity index (χ2n) is 5.01. The molecule has 4 heteroatoms. The molecular weight excluding hydrogens is 228 g/mol. The molecule has 4 nitrogen and oxygen atoms in total. The van der Waals surface area contributed by atoms with E-state index in [1.54, 1.807) is 12.1 Å². The van der Waals surface area contributed by atoms with Crippen LogP contribution in [-0.2, 0) is 20.0 Å². The van der Waals surface area contributed by atoms with E-state index in [1.807, 2.05) is 6.07 Å². The van der Waals surface area contributed by atoms with E-state index in [1.165, 1.54) is 11.3 Å². The van der Waals surface area contributed by atoms with Crippen molar-refractivity contribution in [2.24, 2.45) is 7.05 Å². The predicted molar refractivity (Wildman–Crippen MR) is 69.9 cm³/mol. The quantitative estimate of drug-likeness (QED) is 0.833. The van der Waals surface area contributed by atoms with Gasteiger partial charge in [-0.25, -0.2) is 4.79 Å². The number of nitrogens with zero attached hydrogens (tertiary/aromatic N) is 2. The van der Waals surface area contributed by atoms with Crippen molar-refractivity contribution in [1.82, 2.24) is 9.47 Å². The Morgan fingerprint density at radius 3 is 2.83 bits per heavy atom. The molecule has 0 fully saturated rings. The van der Waals surface area contributed by atoms with Gasteiger partial charge in [0.1, 0.15) is 0 Å². The van der Waals surface area contributed by atoms with Crippen LogP contribution < -0.4 is 0 Å². The van der Waals surface area contributed by atoms with Crippen LogP contribution in [-0.4, -0.2) is 34.1 Å². The van der Waals surface area contributed by atoms with E-state index in [0.717, 1.165) is 30.4 Å². The molecule has 0 saturated heterocycles. The fourth-order valence-electron chi connectivity index (χ4n) is 2.85. The Morgan fingerprint density at radius 2 is 2.11 bits per heavy atom. The van der Waals surface area contributed by atoms with Crippen molar-refractivity contribution in [1.29, 1.82) is 0 Å². The van der Waals surface area contributed by atoms with Crippen molar-refractivity contribution < 1.29 is 9.90 Å². The number of fused-ring (bicyclic) bond motifs is 3. The molecule has 0 saturated carbocycles. The molecule has 1 N–H and O–H groups in total. The third-order valence-electron chi connectivity index (χ3n) is 3.84. The third-order valence-corrected chi connectivity index (χ3v) is 3.84. The highest BCUT2D eigenvalue weighted by molar-refractivity contribution is 5.95. The van der Waals surface area contributed by atoms with Gasteiger partial charge >= 0.3 is 5.97 Å². The number of carbonyl (C=O) groups is 1. The summed E-state index contributed by atoms with van der Waals surface area (Å²) in [5, 5.41) is 10.2. The summed E-state index contributed by atoms with van der Waals surface area (Å²) in [6.45, 7) is 1.96. The van der Waals surface area contributed by atoms with Crippen LogP contribution in [0.3, 0.4) is 0 Å². The fourth-order valence-corrected chi connectivity index (χ4v) is 2.85. The molecule has 0 bridgehead atoms. The van der Waals surface area contributed by atoms with E-state index in [4.69, 9.17) is 5.11 Å². The Labute approximate surface area is 105 Å². The van der Waals surface area contributed by atoms with Gasteiger partial charge in [-0.15, -0.1) is 0 Å². The summed E-state index contributed by atoms with van der Waals surface area (Å²) in [6, 6.07) is 5.40. The maximum absolute atomic E-state index is 11.1. The molecule has 0 spiro atoms. The highest BCUT2D eigenvalue weighted by atomic mass is 16.4. The summed E-state index contributed by atoms with van der Waals surface area (Å²) >= 11 is 0. The normalized spacial score (nSPS) is 15.9. The smallest absolute Gasteiger partial charge is 0.335 e. The molecule has 18 heavy (non-hydrogen) atoms. The van der Waals surface area contributed by atoms with Gasteiger partial charge in [0.05, 0.1) is 5.56 Å². The number of hydrogen-bond donors (Lipinski definition) is 1. The molecule has 0 amide bonds. The minimum absolute atomic E-state index is 0.365. The summed E-state index contributed by atoms with van der Waals surface area (Å²) in [4.78, 5) is 13.3. The predicted octanol–water partition coefficient (Wildman–Crippen LogP) is 1.86. The minimum atomic E-state index is -0.862. The van der Waals surface area contributed by atoms with Crippen LogP contribution in [0.2, 0.25) is 0 Å². The van der Waals surface area contributed by atoms with Crippen LogP contribution in [0, 0.1) is 0 Å². The standard InChI is InChI=1S/C14H16N2O2/c1-15-6-5-13-11(8-15)10-7-9(14(17)18)3-4-12(10)16(13)2/h3-4,7H,5-6,8H2,1-2H3,(H,17,18). The van der Waals surface area contributed by atoms with Gasteiger partial charge in [-0.2, -0.15) is 0 Å². The van der Waals surface area contributed by atoms with Crippen molar-refractivity contribution in [2.75, 3.05) is 13.6 Å². The van der Waals surface area contributed by atoms with Crippen LogP contribution in [0.15, 0.2) is 18.2 Å². The Morgan fingerprint density at radius 1 is 1.33 bits per heavy atom. The highest BCUT2D eigenvalue weighted by Crippen LogP contribution is 2.30. The highest BCUT2D eigenvalue weighted by Gasteiger charge is 2.21. The van der Waals surface area contributed by atoms with Crippen molar-refractivity contribution in [3.05, 3.63) is 35.0 Å². The number of benzene rings is 1. The average molecular weight is 244 g/mol. The Kier molecular flexibility index (Phi) is 2.41. The largest absolute Gasteiger partial charge is 0.478 e. The number of likely N-dealkylation sites (N-methyl/N-ethyl adjacent to an activating group) is 1. The van der Waals surface area contributed by atoms with Crippen molar-refractivity contribution in [3.63, 3.8) is 0 Å². The SMILES string of the molecule is CN1CCc2c(c3cc(C(=O)O)ccc3n2C)C1. The van der Waals surface area contributed by atoms with Gasteiger partial charge in [0.25, 0.3) is 0 Å². The van der Waals surface area contributed by atoms with Gasteiger partial charge < -0.3 is 14.6 Å². The maximum Gasteiger partial charge on any atom is 0.335 e. The van der Waals surface area contributed by atoms with Crippen LogP contribution in [0.25, 0.3) is 10.9 Å². The summed E-state index contributed by atoms with van der Waals surface area (Å²) in [5.74, 6) is -0.862. The number of carboxylic acid groups (broad SMARTS) is 1. The number of aromatic nitrogens is 1. The number of hydrogen-bond acceptors (Lipinski definition) is 2. The van der Waals surface area contributed by atoms with Crippen LogP contribution >= 0.6 is 0 Å². The first-order chi connectivity index (χ1) is 8.58. The molecule has 1 aromatic carbocycles. The molecule has 2 heterocycles. The number of aryl methyl sites for hydroxylation is 1. The zero-order chi connectivity index (χ0) is 12.9. The lowest BCUT2D eigenvalue weighted by Crippen LogP contribution is -2.26. The third kappa shape index (κ3) is 1.53. The molecule has 0 atom stereocenters. The van der Waals surface area contributed by atoms with Crippen LogP contribution in [0.1, 0.15) is 21.6 Å². The lowest BCUT2D eigenvalue weighted by atomic mass is 10.0. The molecule has 1 aromatic heterocycles. The number of rotatable bonds is 1. The van der Waals surface area contributed by atoms with Crippen molar-refractivity contribution in [3.8, 4) is 0 Å².